The minimum atomic E-state index is -4.43. The zero-order valence-corrected chi connectivity index (χ0v) is 12.9. The van der Waals surface area contributed by atoms with E-state index in [0.29, 0.717) is 11.3 Å². The fourth-order valence-corrected chi connectivity index (χ4v) is 2.36. The highest BCUT2D eigenvalue weighted by atomic mass is 19.4. The first-order valence-electron chi connectivity index (χ1n) is 7.43. The quantitative estimate of drug-likeness (QED) is 0.673. The van der Waals surface area contributed by atoms with Crippen LogP contribution in [0.4, 0.5) is 24.5 Å². The van der Waals surface area contributed by atoms with Gasteiger partial charge in [0.2, 0.25) is 0 Å². The second-order valence-corrected chi connectivity index (χ2v) is 5.32. The van der Waals surface area contributed by atoms with Crippen molar-refractivity contribution in [3.63, 3.8) is 0 Å². The molecule has 6 heteroatoms. The van der Waals surface area contributed by atoms with Crippen molar-refractivity contribution < 1.29 is 18.0 Å². The van der Waals surface area contributed by atoms with Crippen molar-refractivity contribution in [3.8, 4) is 0 Å². The molecule has 0 fully saturated rings. The van der Waals surface area contributed by atoms with Gasteiger partial charge in [-0.05, 0) is 24.3 Å². The van der Waals surface area contributed by atoms with Crippen LogP contribution in [-0.4, -0.2) is 10.8 Å². The van der Waals surface area contributed by atoms with Crippen LogP contribution in [0.15, 0.2) is 73.1 Å². The Morgan fingerprint density at radius 2 is 1.72 bits per heavy atom. The first-order chi connectivity index (χ1) is 11.9. The molecule has 0 saturated heterocycles. The standard InChI is InChI=1S/C19H13F3N2O/c20-19(21,22)14-7-4-8-15(11-14)24-17-9-10-23-12-16(17)18(25)13-5-2-1-3-6-13/h1-12H,(H,23,24). The predicted octanol–water partition coefficient (Wildman–Crippen LogP) is 5.08. The van der Waals surface area contributed by atoms with Crippen molar-refractivity contribution in [2.75, 3.05) is 5.32 Å². The normalized spacial score (nSPS) is 11.2. The summed E-state index contributed by atoms with van der Waals surface area (Å²) in [5.74, 6) is -0.261. The van der Waals surface area contributed by atoms with Crippen LogP contribution in [0, 0.1) is 0 Å². The maximum Gasteiger partial charge on any atom is 0.416 e. The summed E-state index contributed by atoms with van der Waals surface area (Å²) in [7, 11) is 0. The molecule has 2 aromatic carbocycles. The maximum atomic E-state index is 12.8. The number of carbonyl (C=O) groups excluding carboxylic acids is 1. The van der Waals surface area contributed by atoms with Gasteiger partial charge in [0.1, 0.15) is 0 Å². The maximum absolute atomic E-state index is 12.8. The first kappa shape index (κ1) is 16.7. The highest BCUT2D eigenvalue weighted by Gasteiger charge is 2.30. The first-order valence-corrected chi connectivity index (χ1v) is 7.43. The fourth-order valence-electron chi connectivity index (χ4n) is 2.36. The minimum Gasteiger partial charge on any atom is -0.355 e. The molecule has 0 aliphatic heterocycles. The monoisotopic (exact) mass is 342 g/mol. The van der Waals surface area contributed by atoms with E-state index < -0.39 is 11.7 Å². The number of hydrogen-bond donors (Lipinski definition) is 1. The second-order valence-electron chi connectivity index (χ2n) is 5.32. The lowest BCUT2D eigenvalue weighted by molar-refractivity contribution is -0.137. The van der Waals surface area contributed by atoms with Gasteiger partial charge in [-0.3, -0.25) is 9.78 Å². The molecule has 3 rings (SSSR count). The third-order valence-corrected chi connectivity index (χ3v) is 3.57. The number of pyridine rings is 1. The van der Waals surface area contributed by atoms with Gasteiger partial charge in [-0.15, -0.1) is 0 Å². The molecule has 3 aromatic rings. The number of nitrogens with zero attached hydrogens (tertiary/aromatic N) is 1. The topological polar surface area (TPSA) is 42.0 Å². The molecule has 0 amide bonds. The van der Waals surface area contributed by atoms with Crippen molar-refractivity contribution >= 4 is 17.2 Å². The SMILES string of the molecule is O=C(c1ccccc1)c1cnccc1Nc1cccc(C(F)(F)F)c1. The zero-order valence-electron chi connectivity index (χ0n) is 12.9. The highest BCUT2D eigenvalue weighted by Crippen LogP contribution is 2.32. The van der Waals surface area contributed by atoms with Crippen LogP contribution < -0.4 is 5.32 Å². The fraction of sp³-hybridized carbons (Fsp3) is 0.0526. The van der Waals surface area contributed by atoms with E-state index in [2.05, 4.69) is 10.3 Å². The van der Waals surface area contributed by atoms with E-state index in [4.69, 9.17) is 0 Å². The lowest BCUT2D eigenvalue weighted by atomic mass is 10.0. The Labute approximate surface area is 142 Å². The van der Waals surface area contributed by atoms with Gasteiger partial charge >= 0.3 is 6.18 Å². The van der Waals surface area contributed by atoms with Gasteiger partial charge in [0.15, 0.2) is 5.78 Å². The summed E-state index contributed by atoms with van der Waals surface area (Å²) in [4.78, 5) is 16.6. The molecule has 1 N–H and O–H groups in total. The molecule has 0 aliphatic carbocycles. The van der Waals surface area contributed by atoms with E-state index in [1.807, 2.05) is 0 Å². The van der Waals surface area contributed by atoms with E-state index in [-0.39, 0.29) is 17.0 Å². The summed E-state index contributed by atoms with van der Waals surface area (Å²) in [5, 5.41) is 2.87. The number of ketones is 1. The summed E-state index contributed by atoms with van der Waals surface area (Å²) < 4.78 is 38.5. The molecule has 3 nitrogen and oxygen atoms in total. The van der Waals surface area contributed by atoms with Gasteiger partial charge in [-0.25, -0.2) is 0 Å². The average Bonchev–Trinajstić information content (AvgIpc) is 2.62. The van der Waals surface area contributed by atoms with Gasteiger partial charge in [0.05, 0.1) is 16.8 Å². The summed E-state index contributed by atoms with van der Waals surface area (Å²) in [6.07, 6.45) is -1.57. The molecule has 0 aliphatic rings. The predicted molar refractivity (Wildman–Crippen MR) is 88.8 cm³/mol. The number of benzene rings is 2. The van der Waals surface area contributed by atoms with Crippen LogP contribution in [0.25, 0.3) is 0 Å². The number of anilines is 2. The Kier molecular flexibility index (Phi) is 4.52. The van der Waals surface area contributed by atoms with Crippen LogP contribution in [0.5, 0.6) is 0 Å². The van der Waals surface area contributed by atoms with Crippen LogP contribution in [0.3, 0.4) is 0 Å². The highest BCUT2D eigenvalue weighted by molar-refractivity contribution is 6.12. The Morgan fingerprint density at radius 3 is 2.44 bits per heavy atom. The summed E-state index contributed by atoms with van der Waals surface area (Å²) >= 11 is 0. The van der Waals surface area contributed by atoms with Gasteiger partial charge in [-0.1, -0.05) is 36.4 Å². The van der Waals surface area contributed by atoms with Crippen molar-refractivity contribution in [2.45, 2.75) is 6.18 Å². The van der Waals surface area contributed by atoms with Crippen molar-refractivity contribution in [2.24, 2.45) is 0 Å². The van der Waals surface area contributed by atoms with E-state index in [9.17, 15) is 18.0 Å². The van der Waals surface area contributed by atoms with E-state index >= 15 is 0 Å². The smallest absolute Gasteiger partial charge is 0.355 e. The molecule has 0 unspecified atom stereocenters. The number of halogens is 3. The minimum absolute atomic E-state index is 0.239. The Bertz CT molecular complexity index is 892. The molecular formula is C19H13F3N2O. The molecule has 0 atom stereocenters. The van der Waals surface area contributed by atoms with Crippen molar-refractivity contribution in [3.05, 3.63) is 89.7 Å². The van der Waals surface area contributed by atoms with Crippen LogP contribution in [0.1, 0.15) is 21.5 Å². The number of rotatable bonds is 4. The summed E-state index contributed by atoms with van der Waals surface area (Å²) in [5.41, 5.74) is 0.627. The summed E-state index contributed by atoms with van der Waals surface area (Å²) in [6.45, 7) is 0. The molecule has 0 saturated carbocycles. The number of nitrogens with one attached hydrogen (secondary N) is 1. The Hall–Kier alpha value is -3.15. The van der Waals surface area contributed by atoms with Crippen LogP contribution >= 0.6 is 0 Å². The lowest BCUT2D eigenvalue weighted by Gasteiger charge is -2.13. The van der Waals surface area contributed by atoms with Gasteiger partial charge in [-0.2, -0.15) is 13.2 Å². The van der Waals surface area contributed by atoms with Gasteiger partial charge < -0.3 is 5.32 Å². The molecule has 1 aromatic heterocycles. The third-order valence-electron chi connectivity index (χ3n) is 3.57. The van der Waals surface area contributed by atoms with Gasteiger partial charge in [0.25, 0.3) is 0 Å². The van der Waals surface area contributed by atoms with Crippen molar-refractivity contribution in [1.29, 1.82) is 0 Å². The van der Waals surface area contributed by atoms with E-state index in [1.54, 1.807) is 36.4 Å². The number of hydrogen-bond acceptors (Lipinski definition) is 3. The van der Waals surface area contributed by atoms with Crippen LogP contribution in [0.2, 0.25) is 0 Å². The van der Waals surface area contributed by atoms with Crippen LogP contribution in [-0.2, 0) is 6.18 Å². The zero-order chi connectivity index (χ0) is 17.9. The average molecular weight is 342 g/mol. The number of carbonyl (C=O) groups is 1. The lowest BCUT2D eigenvalue weighted by Crippen LogP contribution is -2.07. The summed E-state index contributed by atoms with van der Waals surface area (Å²) in [6, 6.07) is 15.0. The second kappa shape index (κ2) is 6.76. The molecule has 0 radical (unpaired) electrons. The molecule has 1 heterocycles. The number of alkyl halides is 3. The van der Waals surface area contributed by atoms with E-state index in [1.165, 1.54) is 24.5 Å². The largest absolute Gasteiger partial charge is 0.416 e. The molecule has 25 heavy (non-hydrogen) atoms. The molecule has 126 valence electrons. The van der Waals surface area contributed by atoms with Gasteiger partial charge in [0, 0.05) is 23.6 Å². The molecule has 0 bridgehead atoms. The Morgan fingerprint density at radius 1 is 0.960 bits per heavy atom. The Balaban J connectivity index is 1.94. The van der Waals surface area contributed by atoms with Crippen molar-refractivity contribution in [1.82, 2.24) is 4.98 Å². The molecule has 0 spiro atoms. The molecular weight excluding hydrogens is 329 g/mol. The third kappa shape index (κ3) is 3.85. The number of aromatic nitrogens is 1. The van der Waals surface area contributed by atoms with E-state index in [0.717, 1.165) is 12.1 Å².